The third kappa shape index (κ3) is 5.18. The van der Waals surface area contributed by atoms with E-state index < -0.39 is 5.97 Å². The fraction of sp³-hybridized carbons (Fsp3) is 0.292. The number of hydrogen-bond acceptors (Lipinski definition) is 8. The van der Waals surface area contributed by atoms with Crippen molar-refractivity contribution in [2.45, 2.75) is 20.2 Å². The maximum Gasteiger partial charge on any atom is 0.304 e. The molecule has 0 unspecified atom stereocenters. The van der Waals surface area contributed by atoms with E-state index in [4.69, 9.17) is 25.4 Å². The maximum absolute atomic E-state index is 12.9. The number of methoxy groups -OCH3 is 3. The number of nitrogens with zero attached hydrogens (tertiary/aromatic N) is 3. The molecule has 1 heterocycles. The minimum absolute atomic E-state index is 0.198. The number of fused-ring (bicyclic) bond motifs is 1. The van der Waals surface area contributed by atoms with Gasteiger partial charge in [-0.3, -0.25) is 14.2 Å². The summed E-state index contributed by atoms with van der Waals surface area (Å²) in [6.45, 7) is 1.80. The van der Waals surface area contributed by atoms with Crippen molar-refractivity contribution in [3.8, 4) is 29.6 Å². The van der Waals surface area contributed by atoms with Crippen LogP contribution in [-0.4, -0.2) is 43.4 Å². The highest BCUT2D eigenvalue weighted by Crippen LogP contribution is 2.41. The monoisotopic (exact) mass is 451 g/mol. The smallest absolute Gasteiger partial charge is 0.304 e. The number of hydrogen-bond donors (Lipinski definition) is 0. The molecule has 0 aliphatic heterocycles. The first-order chi connectivity index (χ1) is 15.9. The summed E-state index contributed by atoms with van der Waals surface area (Å²) in [4.78, 5) is 30.2. The van der Waals surface area contributed by atoms with E-state index in [1.165, 1.54) is 24.9 Å². The number of terminal acetylenes is 1. The number of rotatable bonds is 9. The van der Waals surface area contributed by atoms with Gasteiger partial charge in [0, 0.05) is 31.3 Å². The molecule has 9 heteroatoms. The van der Waals surface area contributed by atoms with E-state index in [-0.39, 0.29) is 12.3 Å². The first-order valence-electron chi connectivity index (χ1n) is 10.0. The van der Waals surface area contributed by atoms with Crippen molar-refractivity contribution in [2.24, 2.45) is 0 Å². The zero-order valence-electron chi connectivity index (χ0n) is 19.0. The molecule has 1 aromatic heterocycles. The van der Waals surface area contributed by atoms with Crippen LogP contribution in [0.1, 0.15) is 12.5 Å². The van der Waals surface area contributed by atoms with Crippen LogP contribution in [0.25, 0.3) is 10.9 Å². The summed E-state index contributed by atoms with van der Waals surface area (Å²) in [6.07, 6.45) is 6.98. The Morgan fingerprint density at radius 3 is 2.39 bits per heavy atom. The summed E-state index contributed by atoms with van der Waals surface area (Å²) in [5.41, 5.74) is 1.84. The number of anilines is 1. The molecular weight excluding hydrogens is 426 g/mol. The average molecular weight is 451 g/mol. The number of ether oxygens (including phenoxy) is 4. The highest BCUT2D eigenvalue weighted by molar-refractivity contribution is 5.78. The van der Waals surface area contributed by atoms with Crippen molar-refractivity contribution in [3.63, 3.8) is 0 Å². The van der Waals surface area contributed by atoms with Crippen molar-refractivity contribution in [2.75, 3.05) is 32.8 Å². The molecule has 0 aliphatic rings. The molecule has 172 valence electrons. The Labute approximate surface area is 191 Å². The van der Waals surface area contributed by atoms with Gasteiger partial charge in [-0.25, -0.2) is 4.98 Å². The second-order valence-electron chi connectivity index (χ2n) is 7.08. The minimum Gasteiger partial charge on any atom is -0.493 e. The van der Waals surface area contributed by atoms with Crippen molar-refractivity contribution in [1.82, 2.24) is 9.55 Å². The third-order valence-corrected chi connectivity index (χ3v) is 4.97. The first-order valence-corrected chi connectivity index (χ1v) is 10.0. The fourth-order valence-corrected chi connectivity index (χ4v) is 3.38. The fourth-order valence-electron chi connectivity index (χ4n) is 3.38. The molecule has 3 rings (SSSR count). The van der Waals surface area contributed by atoms with E-state index in [0.717, 1.165) is 11.3 Å². The number of carbonyl (C=O) groups excluding carboxylic acids is 1. The molecule has 0 amide bonds. The second-order valence-corrected chi connectivity index (χ2v) is 7.08. The Kier molecular flexibility index (Phi) is 7.41. The van der Waals surface area contributed by atoms with Crippen molar-refractivity contribution < 1.29 is 23.7 Å². The number of carbonyl (C=O) groups is 1. The molecule has 9 nitrogen and oxygen atoms in total. The van der Waals surface area contributed by atoms with Crippen LogP contribution >= 0.6 is 0 Å². The predicted octanol–water partition coefficient (Wildman–Crippen LogP) is 2.58. The van der Waals surface area contributed by atoms with E-state index in [2.05, 4.69) is 10.9 Å². The Morgan fingerprint density at radius 1 is 1.12 bits per heavy atom. The first kappa shape index (κ1) is 23.5. The van der Waals surface area contributed by atoms with Crippen molar-refractivity contribution >= 4 is 22.6 Å². The Hall–Kier alpha value is -4.19. The Balaban J connectivity index is 1.99. The van der Waals surface area contributed by atoms with Crippen LogP contribution in [0.3, 0.4) is 0 Å². The van der Waals surface area contributed by atoms with Crippen LogP contribution in [0.4, 0.5) is 5.69 Å². The molecule has 0 radical (unpaired) electrons. The number of benzene rings is 2. The molecule has 0 aliphatic carbocycles. The zero-order valence-corrected chi connectivity index (χ0v) is 19.0. The summed E-state index contributed by atoms with van der Waals surface area (Å²) in [5, 5.41) is 0.410. The van der Waals surface area contributed by atoms with Gasteiger partial charge in [0.2, 0.25) is 5.75 Å². The summed E-state index contributed by atoms with van der Waals surface area (Å²) >= 11 is 0. The van der Waals surface area contributed by atoms with Crippen LogP contribution in [0, 0.1) is 12.3 Å². The molecule has 0 fully saturated rings. The van der Waals surface area contributed by atoms with Gasteiger partial charge in [0.1, 0.15) is 6.33 Å². The van der Waals surface area contributed by atoms with E-state index in [9.17, 15) is 9.59 Å². The highest BCUT2D eigenvalue weighted by Gasteiger charge is 2.17. The van der Waals surface area contributed by atoms with Gasteiger partial charge in [-0.1, -0.05) is 12.0 Å². The average Bonchev–Trinajstić information content (AvgIpc) is 2.82. The maximum atomic E-state index is 12.9. The van der Waals surface area contributed by atoms with Gasteiger partial charge >= 0.3 is 5.97 Å². The van der Waals surface area contributed by atoms with Gasteiger partial charge in [0.05, 0.1) is 38.8 Å². The van der Waals surface area contributed by atoms with Crippen molar-refractivity contribution in [1.29, 1.82) is 0 Å². The largest absolute Gasteiger partial charge is 0.493 e. The van der Waals surface area contributed by atoms with E-state index in [0.29, 0.717) is 41.2 Å². The Morgan fingerprint density at radius 2 is 1.82 bits per heavy atom. The molecule has 0 saturated carbocycles. The zero-order chi connectivity index (χ0) is 24.0. The number of esters is 1. The lowest BCUT2D eigenvalue weighted by Gasteiger charge is -2.25. The summed E-state index contributed by atoms with van der Waals surface area (Å²) in [6, 6.07) is 9.04. The van der Waals surface area contributed by atoms with E-state index in [1.54, 1.807) is 26.4 Å². The molecule has 0 bridgehead atoms. The topological polar surface area (TPSA) is 92.1 Å². The summed E-state index contributed by atoms with van der Waals surface area (Å²) in [5.74, 6) is 3.67. The van der Waals surface area contributed by atoms with Crippen LogP contribution in [-0.2, 0) is 22.8 Å². The van der Waals surface area contributed by atoms with Crippen LogP contribution in [0.5, 0.6) is 17.2 Å². The lowest BCUT2D eigenvalue weighted by Crippen LogP contribution is -2.24. The molecule has 0 spiro atoms. The van der Waals surface area contributed by atoms with Gasteiger partial charge in [0.15, 0.2) is 18.2 Å². The van der Waals surface area contributed by atoms with Gasteiger partial charge in [-0.15, -0.1) is 6.42 Å². The lowest BCUT2D eigenvalue weighted by molar-refractivity contribution is -0.144. The Bertz CT molecular complexity index is 1240. The molecule has 33 heavy (non-hydrogen) atoms. The minimum atomic E-state index is -0.481. The molecular formula is C24H25N3O6. The normalized spacial score (nSPS) is 10.4. The van der Waals surface area contributed by atoms with Crippen molar-refractivity contribution in [3.05, 3.63) is 52.6 Å². The lowest BCUT2D eigenvalue weighted by atomic mass is 10.1. The standard InChI is InChI=1S/C24H25N3O6/c1-6-9-26(18-11-21(30-3)23(32-5)22(12-18)31-4)13-17-7-8-20-19(10-17)24(29)27(14-25-20)15-33-16(2)28/h1,7-8,10-12,14H,9,13,15H2,2-5H3. The van der Waals surface area contributed by atoms with Crippen LogP contribution < -0.4 is 24.7 Å². The van der Waals surface area contributed by atoms with Gasteiger partial charge in [-0.05, 0) is 17.7 Å². The van der Waals surface area contributed by atoms with Gasteiger partial charge in [0.25, 0.3) is 5.56 Å². The van der Waals surface area contributed by atoms with Crippen LogP contribution in [0.2, 0.25) is 0 Å². The van der Waals surface area contributed by atoms with Gasteiger partial charge < -0.3 is 23.8 Å². The highest BCUT2D eigenvalue weighted by atomic mass is 16.5. The second kappa shape index (κ2) is 10.4. The molecule has 0 N–H and O–H groups in total. The van der Waals surface area contributed by atoms with Gasteiger partial charge in [-0.2, -0.15) is 0 Å². The SMILES string of the molecule is C#CCN(Cc1ccc2ncn(COC(C)=O)c(=O)c2c1)c1cc(OC)c(OC)c(OC)c1. The summed E-state index contributed by atoms with van der Waals surface area (Å²) in [7, 11) is 4.63. The molecule has 3 aromatic rings. The van der Waals surface area contributed by atoms with E-state index in [1.807, 2.05) is 23.1 Å². The number of aromatic nitrogens is 2. The molecule has 0 atom stereocenters. The summed E-state index contributed by atoms with van der Waals surface area (Å²) < 4.78 is 22.5. The third-order valence-electron chi connectivity index (χ3n) is 4.97. The molecule has 2 aromatic carbocycles. The van der Waals surface area contributed by atoms with Crippen LogP contribution in [0.15, 0.2) is 41.5 Å². The quantitative estimate of drug-likeness (QED) is 0.362. The van der Waals surface area contributed by atoms with E-state index >= 15 is 0 Å². The predicted molar refractivity (Wildman–Crippen MR) is 124 cm³/mol. The molecule has 0 saturated heterocycles.